The predicted molar refractivity (Wildman–Crippen MR) is 74.4 cm³/mol. The highest BCUT2D eigenvalue weighted by Crippen LogP contribution is 2.48. The zero-order valence-corrected chi connectivity index (χ0v) is 12.7. The van der Waals surface area contributed by atoms with Crippen LogP contribution in [-0.4, -0.2) is 41.9 Å². The molecule has 0 radical (unpaired) electrons. The summed E-state index contributed by atoms with van der Waals surface area (Å²) in [6.07, 6.45) is 1.50. The minimum Gasteiger partial charge on any atom is -0.468 e. The van der Waals surface area contributed by atoms with Crippen molar-refractivity contribution in [2.24, 2.45) is 11.8 Å². The zero-order valence-electron chi connectivity index (χ0n) is 12.7. The maximum atomic E-state index is 12.5. The summed E-state index contributed by atoms with van der Waals surface area (Å²) in [7, 11) is 1.44. The average molecular weight is 306 g/mol. The van der Waals surface area contributed by atoms with Crippen LogP contribution in [0.25, 0.3) is 0 Å². The van der Waals surface area contributed by atoms with Crippen molar-refractivity contribution in [2.45, 2.75) is 25.4 Å². The summed E-state index contributed by atoms with van der Waals surface area (Å²) in [6, 6.07) is 2.90. The summed E-state index contributed by atoms with van der Waals surface area (Å²) in [4.78, 5) is 38.4. The molecule has 7 nitrogen and oxygen atoms in total. The highest BCUT2D eigenvalue weighted by molar-refractivity contribution is 6.09. The number of fused-ring (bicyclic) bond motifs is 1. The highest BCUT2D eigenvalue weighted by atomic mass is 16.5. The second-order valence-electron chi connectivity index (χ2n) is 5.80. The summed E-state index contributed by atoms with van der Waals surface area (Å²) < 4.78 is 10.5. The molecule has 22 heavy (non-hydrogen) atoms. The predicted octanol–water partition coefficient (Wildman–Crippen LogP) is 0.477. The largest absolute Gasteiger partial charge is 0.468 e. The molecule has 1 aromatic rings. The Bertz CT molecular complexity index is 626. The maximum absolute atomic E-state index is 12.5. The molecule has 2 fully saturated rings. The fourth-order valence-electron chi connectivity index (χ4n) is 3.46. The number of rotatable bonds is 3. The molecule has 0 bridgehead atoms. The van der Waals surface area contributed by atoms with Gasteiger partial charge in [0.25, 0.3) is 0 Å². The quantitative estimate of drug-likeness (QED) is 0.645. The lowest BCUT2D eigenvalue weighted by atomic mass is 9.81. The number of furan rings is 1. The molecule has 0 unspecified atom stereocenters. The van der Waals surface area contributed by atoms with E-state index >= 15 is 0 Å². The first-order chi connectivity index (χ1) is 10.4. The number of carbonyl (C=O) groups excluding carboxylic acids is 3. The molecule has 3 heterocycles. The van der Waals surface area contributed by atoms with Crippen molar-refractivity contribution in [1.82, 2.24) is 10.2 Å². The smallest absolute Gasteiger partial charge is 0.326 e. The number of imide groups is 1. The van der Waals surface area contributed by atoms with E-state index in [9.17, 15) is 14.4 Å². The van der Waals surface area contributed by atoms with Gasteiger partial charge in [-0.3, -0.25) is 24.6 Å². The van der Waals surface area contributed by atoms with Crippen LogP contribution < -0.4 is 5.32 Å². The van der Waals surface area contributed by atoms with Gasteiger partial charge in [0, 0.05) is 7.05 Å². The minimum absolute atomic E-state index is 0.205. The molecule has 1 N–H and O–H groups in total. The van der Waals surface area contributed by atoms with Crippen molar-refractivity contribution in [2.75, 3.05) is 13.7 Å². The molecule has 118 valence electrons. The molecule has 7 heteroatoms. The van der Waals surface area contributed by atoms with Crippen LogP contribution >= 0.6 is 0 Å². The van der Waals surface area contributed by atoms with E-state index in [2.05, 4.69) is 5.32 Å². The summed E-state index contributed by atoms with van der Waals surface area (Å²) in [6.45, 7) is 3.51. The summed E-state index contributed by atoms with van der Waals surface area (Å²) in [5, 5.41) is 3.10. The summed E-state index contributed by atoms with van der Waals surface area (Å²) in [5.74, 6) is -2.14. The van der Waals surface area contributed by atoms with Gasteiger partial charge < -0.3 is 9.15 Å². The number of nitrogens with zero attached hydrogens (tertiary/aromatic N) is 1. The Hall–Kier alpha value is -2.15. The lowest BCUT2D eigenvalue weighted by Gasteiger charge is -2.28. The first kappa shape index (κ1) is 14.8. The van der Waals surface area contributed by atoms with E-state index in [0.29, 0.717) is 5.76 Å². The zero-order chi connectivity index (χ0) is 16.1. The van der Waals surface area contributed by atoms with Gasteiger partial charge in [-0.2, -0.15) is 0 Å². The molecule has 3 rings (SSSR count). The molecule has 2 saturated heterocycles. The molecule has 1 aromatic heterocycles. The van der Waals surface area contributed by atoms with Gasteiger partial charge in [-0.15, -0.1) is 0 Å². The van der Waals surface area contributed by atoms with Crippen molar-refractivity contribution in [3.8, 4) is 0 Å². The Balaban J connectivity index is 2.06. The van der Waals surface area contributed by atoms with Gasteiger partial charge in [-0.1, -0.05) is 0 Å². The molecule has 0 saturated carbocycles. The van der Waals surface area contributed by atoms with Crippen LogP contribution in [0.3, 0.4) is 0 Å². The summed E-state index contributed by atoms with van der Waals surface area (Å²) >= 11 is 0. The van der Waals surface area contributed by atoms with Crippen molar-refractivity contribution >= 4 is 17.8 Å². The number of likely N-dealkylation sites (tertiary alicyclic amines) is 1. The van der Waals surface area contributed by atoms with E-state index < -0.39 is 29.4 Å². The fraction of sp³-hybridized carbons (Fsp3) is 0.533. The third-order valence-electron chi connectivity index (χ3n) is 4.56. The van der Waals surface area contributed by atoms with E-state index in [1.54, 1.807) is 26.0 Å². The van der Waals surface area contributed by atoms with Crippen LogP contribution in [0, 0.1) is 11.8 Å². The number of esters is 1. The van der Waals surface area contributed by atoms with Gasteiger partial charge in [-0.25, -0.2) is 0 Å². The van der Waals surface area contributed by atoms with E-state index in [1.807, 2.05) is 0 Å². The third-order valence-corrected chi connectivity index (χ3v) is 4.56. The van der Waals surface area contributed by atoms with Crippen molar-refractivity contribution in [3.63, 3.8) is 0 Å². The van der Waals surface area contributed by atoms with E-state index in [-0.39, 0.29) is 18.4 Å². The lowest BCUT2D eigenvalue weighted by molar-refractivity contribution is -0.155. The topological polar surface area (TPSA) is 88.8 Å². The van der Waals surface area contributed by atoms with E-state index in [1.165, 1.54) is 13.3 Å². The summed E-state index contributed by atoms with van der Waals surface area (Å²) in [5.41, 5.74) is -1.25. The highest BCUT2D eigenvalue weighted by Gasteiger charge is 2.66. The molecule has 2 amide bonds. The average Bonchev–Trinajstić information content (AvgIpc) is 3.15. The molecule has 0 aromatic carbocycles. The molecule has 2 aliphatic heterocycles. The third kappa shape index (κ3) is 1.81. The first-order valence-corrected chi connectivity index (χ1v) is 7.21. The lowest BCUT2D eigenvalue weighted by Crippen LogP contribution is -2.53. The Labute approximate surface area is 127 Å². The molecule has 0 aliphatic carbocycles. The molecule has 0 spiro atoms. The number of ether oxygens (including phenoxy) is 1. The van der Waals surface area contributed by atoms with Crippen LogP contribution in [0.4, 0.5) is 0 Å². The second-order valence-corrected chi connectivity index (χ2v) is 5.80. The van der Waals surface area contributed by atoms with E-state index in [4.69, 9.17) is 9.15 Å². The number of hydrogen-bond acceptors (Lipinski definition) is 6. The van der Waals surface area contributed by atoms with Gasteiger partial charge in [0.1, 0.15) is 11.3 Å². The molecular formula is C15H18N2O5. The van der Waals surface area contributed by atoms with Gasteiger partial charge in [0.2, 0.25) is 11.8 Å². The number of amides is 2. The number of carbonyl (C=O) groups is 3. The first-order valence-electron chi connectivity index (χ1n) is 7.21. The maximum Gasteiger partial charge on any atom is 0.326 e. The van der Waals surface area contributed by atoms with Gasteiger partial charge in [0.05, 0.1) is 30.7 Å². The van der Waals surface area contributed by atoms with Gasteiger partial charge in [-0.05, 0) is 26.0 Å². The van der Waals surface area contributed by atoms with Crippen LogP contribution in [0.1, 0.15) is 25.6 Å². The normalized spacial score (nSPS) is 34.1. The van der Waals surface area contributed by atoms with Crippen LogP contribution in [0.5, 0.6) is 0 Å². The Kier molecular flexibility index (Phi) is 3.32. The monoisotopic (exact) mass is 306 g/mol. The standard InChI is InChI=1S/C15H18N2O5/c1-4-21-14(20)15(2)10-9(12(18)17(3)13(10)19)11(16-15)8-6-5-7-22-8/h5-7,9-11,16H,4H2,1-3H3/t9-,10-,11-,15-/m0/s1. The number of hydrogen-bond donors (Lipinski definition) is 1. The Morgan fingerprint density at radius 2 is 2.18 bits per heavy atom. The molecule has 4 atom stereocenters. The van der Waals surface area contributed by atoms with Crippen LogP contribution in [0.15, 0.2) is 22.8 Å². The Morgan fingerprint density at radius 1 is 1.45 bits per heavy atom. The van der Waals surface area contributed by atoms with Gasteiger partial charge in [0.15, 0.2) is 0 Å². The molecular weight excluding hydrogens is 288 g/mol. The van der Waals surface area contributed by atoms with E-state index in [0.717, 1.165) is 4.90 Å². The number of nitrogens with one attached hydrogen (secondary N) is 1. The minimum atomic E-state index is -1.25. The van der Waals surface area contributed by atoms with Crippen molar-refractivity contribution in [1.29, 1.82) is 0 Å². The molecule has 2 aliphatic rings. The fourth-order valence-corrected chi connectivity index (χ4v) is 3.46. The van der Waals surface area contributed by atoms with Gasteiger partial charge >= 0.3 is 5.97 Å². The van der Waals surface area contributed by atoms with Crippen molar-refractivity contribution < 1.29 is 23.5 Å². The van der Waals surface area contributed by atoms with Crippen LogP contribution in [-0.2, 0) is 19.1 Å². The second kappa shape index (κ2) is 4.95. The van der Waals surface area contributed by atoms with Crippen molar-refractivity contribution in [3.05, 3.63) is 24.2 Å². The Morgan fingerprint density at radius 3 is 2.77 bits per heavy atom. The SMILES string of the molecule is CCOC(=O)[C@@]1(C)N[C@@H](c2ccco2)[C@H]2C(=O)N(C)C(=O)[C@H]21. The van der Waals surface area contributed by atoms with Crippen LogP contribution in [0.2, 0.25) is 0 Å².